The maximum absolute atomic E-state index is 13.4. The lowest BCUT2D eigenvalue weighted by Gasteiger charge is -2.63. The summed E-state index contributed by atoms with van der Waals surface area (Å²) in [6.07, 6.45) is 0.992. The first-order valence-corrected chi connectivity index (χ1v) is 9.19. The highest BCUT2D eigenvalue weighted by Gasteiger charge is 2.75. The fourth-order valence-electron chi connectivity index (χ4n) is 6.96. The highest BCUT2D eigenvalue weighted by atomic mass is 16.5. The van der Waals surface area contributed by atoms with Crippen LogP contribution in [0.25, 0.3) is 0 Å². The average molecular weight is 344 g/mol. The number of ether oxygens (including phenoxy) is 1. The Morgan fingerprint density at radius 3 is 2.64 bits per heavy atom. The molecule has 0 unspecified atom stereocenters. The number of ketones is 2. The van der Waals surface area contributed by atoms with E-state index in [4.69, 9.17) is 4.74 Å². The van der Waals surface area contributed by atoms with Gasteiger partial charge >= 0.3 is 0 Å². The largest absolute Gasteiger partial charge is 0.504 e. The first-order valence-electron chi connectivity index (χ1n) is 9.19. The molecule has 0 radical (unpaired) electrons. The van der Waals surface area contributed by atoms with Crippen molar-refractivity contribution in [3.05, 3.63) is 23.5 Å². The molecule has 2 N–H and O–H groups in total. The van der Waals surface area contributed by atoms with Crippen LogP contribution in [-0.4, -0.2) is 40.6 Å². The topological polar surface area (TPSA) is 83.8 Å². The third kappa shape index (κ3) is 1.40. The fraction of sp³-hybridized carbons (Fsp3) is 0.700. The summed E-state index contributed by atoms with van der Waals surface area (Å²) in [7, 11) is 0. The summed E-state index contributed by atoms with van der Waals surface area (Å²) >= 11 is 0. The standard InChI is InChI=1S/C20H24O5/c1-9-10-4-5-11-19(7-10,16(9)23)17(24)14(22)15-18(2,3)13-6-12(21)20(11,15)8-25-13/h10-11,13,16,22-23H,1,4-8H2,2-3H3/t10-,11-,13-,16+,19+,20-/m1/s1. The zero-order valence-corrected chi connectivity index (χ0v) is 14.7. The molecule has 2 spiro atoms. The molecule has 4 aliphatic carbocycles. The van der Waals surface area contributed by atoms with Gasteiger partial charge in [-0.15, -0.1) is 0 Å². The lowest BCUT2D eigenvalue weighted by molar-refractivity contribution is -0.199. The number of rotatable bonds is 0. The number of allylic oxidation sites excluding steroid dienone is 1. The van der Waals surface area contributed by atoms with E-state index in [0.717, 1.165) is 6.42 Å². The van der Waals surface area contributed by atoms with Crippen LogP contribution in [0, 0.1) is 28.1 Å². The third-order valence-electron chi connectivity index (χ3n) is 8.12. The van der Waals surface area contributed by atoms with Crippen molar-refractivity contribution >= 4 is 11.6 Å². The van der Waals surface area contributed by atoms with Crippen LogP contribution in [0.1, 0.15) is 39.5 Å². The van der Waals surface area contributed by atoms with Crippen LogP contribution in [0.3, 0.4) is 0 Å². The van der Waals surface area contributed by atoms with E-state index in [1.54, 1.807) is 0 Å². The molecule has 5 nitrogen and oxygen atoms in total. The molecule has 6 rings (SSSR count). The molecule has 0 aromatic rings. The second-order valence-corrected chi connectivity index (χ2v) is 9.22. The molecule has 4 bridgehead atoms. The molecule has 0 amide bonds. The van der Waals surface area contributed by atoms with Crippen molar-refractivity contribution in [2.45, 2.75) is 51.7 Å². The molecule has 2 saturated heterocycles. The highest BCUT2D eigenvalue weighted by molar-refractivity contribution is 6.06. The van der Waals surface area contributed by atoms with Gasteiger partial charge in [0.25, 0.3) is 0 Å². The molecule has 0 aromatic heterocycles. The summed E-state index contributed by atoms with van der Waals surface area (Å²) in [6.45, 7) is 8.13. The van der Waals surface area contributed by atoms with Crippen molar-refractivity contribution in [3.8, 4) is 0 Å². The van der Waals surface area contributed by atoms with Crippen molar-refractivity contribution in [3.63, 3.8) is 0 Å². The van der Waals surface area contributed by atoms with E-state index in [-0.39, 0.29) is 41.9 Å². The minimum atomic E-state index is -1.12. The fourth-order valence-corrected chi connectivity index (χ4v) is 6.96. The number of Topliss-reactive ketones (excluding diaryl/α,β-unsaturated/α-hetero) is 2. The maximum Gasteiger partial charge on any atom is 0.206 e. The SMILES string of the molecule is C=C1[C@@H]2CC[C@H]3[C@]45CO[C@H](CC4=O)C(C)(C)C5=C(O)C(=O)[C@]3(C2)[C@H]1O. The van der Waals surface area contributed by atoms with E-state index in [9.17, 15) is 19.8 Å². The van der Waals surface area contributed by atoms with E-state index >= 15 is 0 Å². The van der Waals surface area contributed by atoms with E-state index in [2.05, 4.69) is 6.58 Å². The number of hydrogen-bond donors (Lipinski definition) is 2. The van der Waals surface area contributed by atoms with Gasteiger partial charge in [0.15, 0.2) is 5.76 Å². The van der Waals surface area contributed by atoms with E-state index in [1.165, 1.54) is 0 Å². The van der Waals surface area contributed by atoms with Gasteiger partial charge < -0.3 is 14.9 Å². The molecule has 0 aromatic carbocycles. The molecule has 25 heavy (non-hydrogen) atoms. The molecule has 6 atom stereocenters. The Morgan fingerprint density at radius 1 is 1.24 bits per heavy atom. The number of fused-ring (bicyclic) bond motifs is 3. The monoisotopic (exact) mass is 344 g/mol. The quantitative estimate of drug-likeness (QED) is 0.658. The van der Waals surface area contributed by atoms with Gasteiger partial charge in [-0.25, -0.2) is 0 Å². The second kappa shape index (κ2) is 4.26. The lowest BCUT2D eigenvalue weighted by atomic mass is 9.41. The summed E-state index contributed by atoms with van der Waals surface area (Å²) in [5, 5.41) is 21.9. The van der Waals surface area contributed by atoms with Crippen molar-refractivity contribution < 1.29 is 24.5 Å². The molecule has 6 aliphatic rings. The Morgan fingerprint density at radius 2 is 1.96 bits per heavy atom. The van der Waals surface area contributed by atoms with Gasteiger partial charge in [-0.05, 0) is 42.2 Å². The highest BCUT2D eigenvalue weighted by Crippen LogP contribution is 2.71. The molecule has 5 heteroatoms. The zero-order chi connectivity index (χ0) is 17.9. The molecule has 134 valence electrons. The van der Waals surface area contributed by atoms with Gasteiger partial charge in [0.1, 0.15) is 5.78 Å². The Labute approximate surface area is 146 Å². The normalized spacial score (nSPS) is 50.1. The molecule has 2 aliphatic heterocycles. The van der Waals surface area contributed by atoms with Crippen molar-refractivity contribution in [1.82, 2.24) is 0 Å². The number of aliphatic hydroxyl groups excluding tert-OH is 2. The van der Waals surface area contributed by atoms with Crippen LogP contribution in [0.5, 0.6) is 0 Å². The van der Waals surface area contributed by atoms with E-state index in [1.807, 2.05) is 13.8 Å². The predicted octanol–water partition coefficient (Wildman–Crippen LogP) is 2.10. The van der Waals surface area contributed by atoms with Crippen molar-refractivity contribution in [2.24, 2.45) is 28.1 Å². The van der Waals surface area contributed by atoms with Gasteiger partial charge in [0.05, 0.1) is 29.6 Å². The Bertz CT molecular complexity index is 777. The van der Waals surface area contributed by atoms with Gasteiger partial charge in [0.2, 0.25) is 5.78 Å². The Kier molecular flexibility index (Phi) is 2.69. The van der Waals surface area contributed by atoms with Crippen LogP contribution in [-0.2, 0) is 14.3 Å². The lowest BCUT2D eigenvalue weighted by Crippen LogP contribution is -2.69. The Balaban J connectivity index is 1.84. The predicted molar refractivity (Wildman–Crippen MR) is 88.7 cm³/mol. The third-order valence-corrected chi connectivity index (χ3v) is 8.12. The van der Waals surface area contributed by atoms with Crippen molar-refractivity contribution in [1.29, 1.82) is 0 Å². The zero-order valence-electron chi connectivity index (χ0n) is 14.7. The summed E-state index contributed by atoms with van der Waals surface area (Å²) in [5.41, 5.74) is -1.41. The first-order chi connectivity index (χ1) is 11.7. The maximum atomic E-state index is 13.4. The summed E-state index contributed by atoms with van der Waals surface area (Å²) in [4.78, 5) is 26.6. The second-order valence-electron chi connectivity index (χ2n) is 9.22. The Hall–Kier alpha value is -1.46. The summed E-state index contributed by atoms with van der Waals surface area (Å²) in [6, 6.07) is 0. The molecule has 2 heterocycles. The summed E-state index contributed by atoms with van der Waals surface area (Å²) in [5.74, 6) is -0.856. The average Bonchev–Trinajstić information content (AvgIpc) is 2.76. The van der Waals surface area contributed by atoms with E-state index in [0.29, 0.717) is 30.4 Å². The van der Waals surface area contributed by atoms with Crippen LogP contribution in [0.15, 0.2) is 23.5 Å². The molecular formula is C20H24O5. The number of carbonyl (C=O) groups is 2. The van der Waals surface area contributed by atoms with E-state index < -0.39 is 22.3 Å². The summed E-state index contributed by atoms with van der Waals surface area (Å²) < 4.78 is 6.04. The number of hydrogen-bond acceptors (Lipinski definition) is 5. The number of aliphatic hydroxyl groups is 2. The number of carbonyl (C=O) groups excluding carboxylic acids is 2. The van der Waals surface area contributed by atoms with Crippen LogP contribution in [0.2, 0.25) is 0 Å². The van der Waals surface area contributed by atoms with Gasteiger partial charge in [-0.3, -0.25) is 9.59 Å². The minimum absolute atomic E-state index is 0.0599. The van der Waals surface area contributed by atoms with Gasteiger partial charge in [-0.2, -0.15) is 0 Å². The minimum Gasteiger partial charge on any atom is -0.504 e. The van der Waals surface area contributed by atoms with Crippen LogP contribution >= 0.6 is 0 Å². The van der Waals surface area contributed by atoms with Crippen molar-refractivity contribution in [2.75, 3.05) is 6.61 Å². The van der Waals surface area contributed by atoms with Gasteiger partial charge in [0, 0.05) is 11.8 Å². The smallest absolute Gasteiger partial charge is 0.206 e. The van der Waals surface area contributed by atoms with Crippen LogP contribution in [0.4, 0.5) is 0 Å². The van der Waals surface area contributed by atoms with Gasteiger partial charge in [-0.1, -0.05) is 20.4 Å². The molecule has 5 fully saturated rings. The molecule has 3 saturated carbocycles. The molecular weight excluding hydrogens is 320 g/mol. The van der Waals surface area contributed by atoms with Crippen LogP contribution < -0.4 is 0 Å². The first kappa shape index (κ1) is 15.8.